The Kier molecular flexibility index (Phi) is 8.57. The Morgan fingerprint density at radius 1 is 1.29 bits per heavy atom. The number of ether oxygens (including phenoxy) is 1. The number of methoxy groups -OCH3 is 1. The lowest BCUT2D eigenvalue weighted by atomic mass is 10.2. The highest BCUT2D eigenvalue weighted by atomic mass is 16.5. The molecule has 1 heterocycles. The number of benzene rings is 1. The maximum Gasteiger partial charge on any atom is 0.321 e. The van der Waals surface area contributed by atoms with Crippen LogP contribution in [0.15, 0.2) is 29.1 Å². The number of carbonyl (C=O) groups is 2. The molecule has 0 aliphatic heterocycles. The van der Waals surface area contributed by atoms with Gasteiger partial charge in [0, 0.05) is 20.2 Å². The number of hydrogen-bond donors (Lipinski definition) is 3. The molecule has 0 spiro atoms. The van der Waals surface area contributed by atoms with Crippen LogP contribution in [0.1, 0.15) is 25.6 Å². The van der Waals surface area contributed by atoms with Crippen molar-refractivity contribution >= 4 is 22.8 Å². The molecule has 0 fully saturated rings. The van der Waals surface area contributed by atoms with Crippen molar-refractivity contribution in [3.05, 3.63) is 40.4 Å². The summed E-state index contributed by atoms with van der Waals surface area (Å²) < 4.78 is 5.09. The zero-order chi connectivity index (χ0) is 20.4. The Hall–Kier alpha value is -2.78. The zero-order valence-electron chi connectivity index (χ0n) is 16.3. The van der Waals surface area contributed by atoms with Gasteiger partial charge in [-0.05, 0) is 18.6 Å². The Morgan fingerprint density at radius 3 is 2.82 bits per heavy atom. The van der Waals surface area contributed by atoms with Gasteiger partial charge in [-0.25, -0.2) is 9.78 Å². The summed E-state index contributed by atoms with van der Waals surface area (Å²) in [6.45, 7) is 3.59. The first-order valence-electron chi connectivity index (χ1n) is 9.30. The molecule has 1 aromatic heterocycles. The first kappa shape index (κ1) is 21.5. The molecule has 0 atom stereocenters. The van der Waals surface area contributed by atoms with E-state index in [9.17, 15) is 14.4 Å². The third-order valence-corrected chi connectivity index (χ3v) is 4.08. The molecule has 152 valence electrons. The third kappa shape index (κ3) is 6.75. The van der Waals surface area contributed by atoms with Crippen LogP contribution < -0.4 is 16.2 Å². The number of fused-ring (bicyclic) bond motifs is 1. The van der Waals surface area contributed by atoms with Crippen LogP contribution in [0.2, 0.25) is 0 Å². The molecule has 0 aliphatic carbocycles. The summed E-state index contributed by atoms with van der Waals surface area (Å²) in [5, 5.41) is 5.45. The zero-order valence-corrected chi connectivity index (χ0v) is 16.3. The fourth-order valence-electron chi connectivity index (χ4n) is 2.65. The highest BCUT2D eigenvalue weighted by molar-refractivity contribution is 5.95. The van der Waals surface area contributed by atoms with Crippen molar-refractivity contribution in [3.8, 4) is 0 Å². The van der Waals surface area contributed by atoms with Crippen molar-refractivity contribution in [1.82, 2.24) is 25.5 Å². The van der Waals surface area contributed by atoms with Crippen LogP contribution in [-0.2, 0) is 16.1 Å². The van der Waals surface area contributed by atoms with E-state index in [2.05, 4.69) is 20.6 Å². The smallest absolute Gasteiger partial charge is 0.321 e. The molecule has 0 radical (unpaired) electrons. The van der Waals surface area contributed by atoms with E-state index in [4.69, 9.17) is 4.74 Å². The number of aromatic nitrogens is 2. The number of imide groups is 1. The lowest BCUT2D eigenvalue weighted by molar-refractivity contribution is -0.121. The number of urea groups is 1. The summed E-state index contributed by atoms with van der Waals surface area (Å²) in [5.41, 5.74) is 0.361. The summed E-state index contributed by atoms with van der Waals surface area (Å²) in [7, 11) is 1.57. The van der Waals surface area contributed by atoms with Gasteiger partial charge in [0.2, 0.25) is 5.91 Å². The van der Waals surface area contributed by atoms with E-state index in [0.717, 1.165) is 12.8 Å². The summed E-state index contributed by atoms with van der Waals surface area (Å²) in [4.78, 5) is 45.1. The van der Waals surface area contributed by atoms with Gasteiger partial charge in [0.1, 0.15) is 5.82 Å². The van der Waals surface area contributed by atoms with Crippen molar-refractivity contribution in [2.75, 3.05) is 33.4 Å². The van der Waals surface area contributed by atoms with E-state index in [1.54, 1.807) is 30.2 Å². The van der Waals surface area contributed by atoms with Crippen molar-refractivity contribution in [2.45, 2.75) is 26.3 Å². The van der Waals surface area contributed by atoms with Gasteiger partial charge in [-0.2, -0.15) is 0 Å². The molecular formula is C19H27N5O4. The van der Waals surface area contributed by atoms with E-state index in [0.29, 0.717) is 36.4 Å². The number of nitrogens with zero attached hydrogens (tertiary/aromatic N) is 2. The largest absolute Gasteiger partial charge is 0.383 e. The van der Waals surface area contributed by atoms with Crippen molar-refractivity contribution in [1.29, 1.82) is 0 Å². The number of aromatic amines is 1. The monoisotopic (exact) mass is 389 g/mol. The van der Waals surface area contributed by atoms with E-state index in [-0.39, 0.29) is 18.6 Å². The van der Waals surface area contributed by atoms with Crippen LogP contribution in [0, 0.1) is 0 Å². The van der Waals surface area contributed by atoms with Crippen LogP contribution in [0.3, 0.4) is 0 Å². The van der Waals surface area contributed by atoms with Gasteiger partial charge >= 0.3 is 6.03 Å². The van der Waals surface area contributed by atoms with Crippen molar-refractivity contribution in [2.24, 2.45) is 0 Å². The van der Waals surface area contributed by atoms with E-state index in [1.807, 2.05) is 13.0 Å². The highest BCUT2D eigenvalue weighted by Crippen LogP contribution is 2.07. The summed E-state index contributed by atoms with van der Waals surface area (Å²) in [6, 6.07) is 6.55. The van der Waals surface area contributed by atoms with Gasteiger partial charge in [0.05, 0.1) is 30.6 Å². The number of hydrogen-bond acceptors (Lipinski definition) is 6. The molecule has 0 saturated heterocycles. The molecule has 2 aromatic rings. The fourth-order valence-corrected chi connectivity index (χ4v) is 2.65. The average molecular weight is 389 g/mol. The molecule has 9 heteroatoms. The standard InChI is InChI=1S/C19H27N5O4/c1-3-4-9-20-19(27)23-17(25)13-24(10-11-28-2)12-16-21-15-8-6-5-7-14(15)18(26)22-16/h5-8H,3-4,9-13H2,1-2H3,(H,21,22,26)(H2,20,23,25,27). The first-order chi connectivity index (χ1) is 13.5. The molecule has 9 nitrogen and oxygen atoms in total. The molecule has 0 unspecified atom stereocenters. The van der Waals surface area contributed by atoms with Gasteiger partial charge < -0.3 is 15.0 Å². The summed E-state index contributed by atoms with van der Waals surface area (Å²) in [5.74, 6) is 0.00763. The fraction of sp³-hybridized carbons (Fsp3) is 0.474. The number of unbranched alkanes of at least 4 members (excludes halogenated alkanes) is 1. The van der Waals surface area contributed by atoms with E-state index >= 15 is 0 Å². The lowest BCUT2D eigenvalue weighted by Gasteiger charge is -2.20. The van der Waals surface area contributed by atoms with E-state index in [1.165, 1.54) is 0 Å². The molecule has 0 aliphatic rings. The number of nitrogens with one attached hydrogen (secondary N) is 3. The quantitative estimate of drug-likeness (QED) is 0.522. The number of rotatable bonds is 10. The van der Waals surface area contributed by atoms with Gasteiger partial charge in [0.25, 0.3) is 5.56 Å². The lowest BCUT2D eigenvalue weighted by Crippen LogP contribution is -2.45. The Bertz CT molecular complexity index is 852. The minimum absolute atomic E-state index is 0.0267. The molecule has 2 rings (SSSR count). The average Bonchev–Trinajstić information content (AvgIpc) is 2.66. The van der Waals surface area contributed by atoms with Crippen LogP contribution in [-0.4, -0.2) is 60.2 Å². The highest BCUT2D eigenvalue weighted by Gasteiger charge is 2.15. The van der Waals surface area contributed by atoms with Crippen LogP contribution in [0.5, 0.6) is 0 Å². The molecular weight excluding hydrogens is 362 g/mol. The van der Waals surface area contributed by atoms with E-state index < -0.39 is 11.9 Å². The second kappa shape index (κ2) is 11.2. The van der Waals surface area contributed by atoms with Crippen LogP contribution >= 0.6 is 0 Å². The van der Waals surface area contributed by atoms with Crippen LogP contribution in [0.25, 0.3) is 10.9 Å². The summed E-state index contributed by atoms with van der Waals surface area (Å²) >= 11 is 0. The Balaban J connectivity index is 2.02. The number of para-hydroxylation sites is 1. The Morgan fingerprint density at radius 2 is 2.07 bits per heavy atom. The van der Waals surface area contributed by atoms with Gasteiger partial charge in [-0.3, -0.25) is 19.8 Å². The maximum absolute atomic E-state index is 12.2. The second-order valence-corrected chi connectivity index (χ2v) is 6.39. The number of amides is 3. The molecule has 3 amide bonds. The molecule has 28 heavy (non-hydrogen) atoms. The third-order valence-electron chi connectivity index (χ3n) is 4.08. The normalized spacial score (nSPS) is 11.0. The number of carbonyl (C=O) groups excluding carboxylic acids is 2. The molecule has 0 saturated carbocycles. The van der Waals surface area contributed by atoms with Gasteiger partial charge in [-0.15, -0.1) is 0 Å². The summed E-state index contributed by atoms with van der Waals surface area (Å²) in [6.07, 6.45) is 1.80. The SMILES string of the molecule is CCCCNC(=O)NC(=O)CN(CCOC)Cc1nc2ccccc2c(=O)[nH]1. The second-order valence-electron chi connectivity index (χ2n) is 6.39. The molecule has 3 N–H and O–H groups in total. The van der Waals surface area contributed by atoms with Crippen molar-refractivity contribution < 1.29 is 14.3 Å². The minimum atomic E-state index is -0.512. The predicted octanol–water partition coefficient (Wildman–Crippen LogP) is 0.997. The van der Waals surface area contributed by atoms with Crippen LogP contribution in [0.4, 0.5) is 4.79 Å². The molecule has 0 bridgehead atoms. The number of H-pyrrole nitrogens is 1. The first-order valence-corrected chi connectivity index (χ1v) is 9.30. The van der Waals surface area contributed by atoms with Gasteiger partial charge in [-0.1, -0.05) is 25.5 Å². The maximum atomic E-state index is 12.2. The van der Waals surface area contributed by atoms with Gasteiger partial charge in [0.15, 0.2) is 0 Å². The molecule has 1 aromatic carbocycles. The topological polar surface area (TPSA) is 116 Å². The van der Waals surface area contributed by atoms with Crippen molar-refractivity contribution in [3.63, 3.8) is 0 Å². The minimum Gasteiger partial charge on any atom is -0.383 e. The Labute approximate surface area is 163 Å². The predicted molar refractivity (Wildman–Crippen MR) is 106 cm³/mol.